The van der Waals surface area contributed by atoms with Crippen LogP contribution in [0.4, 0.5) is 0 Å². The van der Waals surface area contributed by atoms with Gasteiger partial charge in [-0.05, 0) is 50.6 Å². The molecule has 1 heteroatoms. The fourth-order valence-electron chi connectivity index (χ4n) is 2.93. The van der Waals surface area contributed by atoms with Crippen LogP contribution in [0.5, 0.6) is 0 Å². The predicted octanol–water partition coefficient (Wildman–Crippen LogP) is 3.32. The van der Waals surface area contributed by atoms with Gasteiger partial charge in [0.05, 0.1) is 0 Å². The summed E-state index contributed by atoms with van der Waals surface area (Å²) in [5.41, 5.74) is 3.35. The Morgan fingerprint density at radius 2 is 2.00 bits per heavy atom. The van der Waals surface area contributed by atoms with E-state index in [-0.39, 0.29) is 0 Å². The van der Waals surface area contributed by atoms with E-state index in [0.717, 1.165) is 6.04 Å². The van der Waals surface area contributed by atoms with E-state index < -0.39 is 0 Å². The van der Waals surface area contributed by atoms with E-state index >= 15 is 0 Å². The number of rotatable bonds is 3. The average Bonchev–Trinajstić information content (AvgIpc) is 2.64. The molecule has 0 aromatic heterocycles. The molecule has 1 N–H and O–H groups in total. The van der Waals surface area contributed by atoms with Crippen LogP contribution in [0.3, 0.4) is 0 Å². The number of benzene rings is 1. The first kappa shape index (κ1) is 11.7. The minimum absolute atomic E-state index is 0.503. The van der Waals surface area contributed by atoms with Crippen molar-refractivity contribution in [1.82, 2.24) is 5.32 Å². The first-order valence-corrected chi connectivity index (χ1v) is 6.34. The van der Waals surface area contributed by atoms with Gasteiger partial charge in [0, 0.05) is 6.04 Å². The molecule has 1 nitrogen and oxygen atoms in total. The van der Waals surface area contributed by atoms with Crippen LogP contribution < -0.4 is 5.32 Å². The van der Waals surface area contributed by atoms with E-state index in [1.807, 2.05) is 0 Å². The molecule has 16 heavy (non-hydrogen) atoms. The Kier molecular flexibility index (Phi) is 3.34. The fraction of sp³-hybridized carbons (Fsp3) is 0.600. The molecule has 1 aliphatic carbocycles. The topological polar surface area (TPSA) is 12.0 Å². The lowest BCUT2D eigenvalue weighted by Crippen LogP contribution is -2.24. The molecule has 2 atom stereocenters. The third-order valence-corrected chi connectivity index (χ3v) is 4.00. The van der Waals surface area contributed by atoms with E-state index in [0.29, 0.717) is 5.41 Å². The van der Waals surface area contributed by atoms with Gasteiger partial charge < -0.3 is 5.32 Å². The van der Waals surface area contributed by atoms with Crippen LogP contribution in [0.1, 0.15) is 37.3 Å². The molecule has 1 aromatic carbocycles. The highest BCUT2D eigenvalue weighted by Crippen LogP contribution is 2.40. The number of hydrogen-bond acceptors (Lipinski definition) is 1. The fourth-order valence-corrected chi connectivity index (χ4v) is 2.93. The molecule has 0 bridgehead atoms. The Bertz CT molecular complexity index is 341. The molecular formula is C15H23N. The van der Waals surface area contributed by atoms with E-state index in [4.69, 9.17) is 0 Å². The number of aryl methyl sites for hydroxylation is 1. The van der Waals surface area contributed by atoms with E-state index in [2.05, 4.69) is 50.5 Å². The summed E-state index contributed by atoms with van der Waals surface area (Å²) in [7, 11) is 2.09. The van der Waals surface area contributed by atoms with Gasteiger partial charge in [0.1, 0.15) is 0 Å². The molecule has 0 saturated heterocycles. The first-order chi connectivity index (χ1) is 7.61. The van der Waals surface area contributed by atoms with E-state index in [1.165, 1.54) is 36.8 Å². The number of hydrogen-bond donors (Lipinski definition) is 1. The third-order valence-electron chi connectivity index (χ3n) is 4.00. The largest absolute Gasteiger partial charge is 0.317 e. The highest BCUT2D eigenvalue weighted by atomic mass is 14.9. The first-order valence-electron chi connectivity index (χ1n) is 6.34. The lowest BCUT2D eigenvalue weighted by Gasteiger charge is -2.24. The van der Waals surface area contributed by atoms with Gasteiger partial charge in [-0.2, -0.15) is 0 Å². The van der Waals surface area contributed by atoms with Crippen LogP contribution in [0, 0.1) is 12.3 Å². The predicted molar refractivity (Wildman–Crippen MR) is 69.7 cm³/mol. The summed E-state index contributed by atoms with van der Waals surface area (Å²) in [5.74, 6) is 0. The van der Waals surface area contributed by atoms with Crippen molar-refractivity contribution in [2.75, 3.05) is 7.05 Å². The molecule has 1 fully saturated rings. The highest BCUT2D eigenvalue weighted by molar-refractivity contribution is 5.22. The van der Waals surface area contributed by atoms with Crippen molar-refractivity contribution in [1.29, 1.82) is 0 Å². The second kappa shape index (κ2) is 4.58. The van der Waals surface area contributed by atoms with Crippen LogP contribution in [0.25, 0.3) is 0 Å². The Morgan fingerprint density at radius 3 is 2.56 bits per heavy atom. The van der Waals surface area contributed by atoms with E-state index in [9.17, 15) is 0 Å². The zero-order valence-corrected chi connectivity index (χ0v) is 10.7. The normalized spacial score (nSPS) is 29.6. The van der Waals surface area contributed by atoms with Crippen LogP contribution in [0.15, 0.2) is 24.3 Å². The van der Waals surface area contributed by atoms with Gasteiger partial charge in [-0.3, -0.25) is 0 Å². The minimum Gasteiger partial charge on any atom is -0.317 e. The van der Waals surface area contributed by atoms with Gasteiger partial charge in [0.15, 0.2) is 0 Å². The van der Waals surface area contributed by atoms with Gasteiger partial charge in [-0.15, -0.1) is 0 Å². The average molecular weight is 217 g/mol. The lowest BCUT2D eigenvalue weighted by atomic mass is 9.82. The summed E-state index contributed by atoms with van der Waals surface area (Å²) in [6.07, 6.45) is 5.23. The maximum Gasteiger partial charge on any atom is 0.00695 e. The van der Waals surface area contributed by atoms with Crippen molar-refractivity contribution < 1.29 is 0 Å². The van der Waals surface area contributed by atoms with Gasteiger partial charge in [0.2, 0.25) is 0 Å². The lowest BCUT2D eigenvalue weighted by molar-refractivity contribution is 0.324. The maximum absolute atomic E-state index is 3.41. The second-order valence-corrected chi connectivity index (χ2v) is 5.70. The molecule has 0 spiro atoms. The van der Waals surface area contributed by atoms with Gasteiger partial charge in [-0.25, -0.2) is 0 Å². The molecule has 2 unspecified atom stereocenters. The van der Waals surface area contributed by atoms with Gasteiger partial charge >= 0.3 is 0 Å². The van der Waals surface area contributed by atoms with Gasteiger partial charge in [-0.1, -0.05) is 36.8 Å². The third kappa shape index (κ3) is 2.65. The highest BCUT2D eigenvalue weighted by Gasteiger charge is 2.34. The molecule has 88 valence electrons. The summed E-state index contributed by atoms with van der Waals surface area (Å²) in [6.45, 7) is 4.59. The molecule has 0 aliphatic heterocycles. The summed E-state index contributed by atoms with van der Waals surface area (Å²) >= 11 is 0. The molecule has 0 amide bonds. The maximum atomic E-state index is 3.41. The molecule has 1 aliphatic rings. The van der Waals surface area contributed by atoms with Crippen molar-refractivity contribution in [3.8, 4) is 0 Å². The summed E-state index contributed by atoms with van der Waals surface area (Å²) in [5, 5.41) is 3.41. The molecule has 0 radical (unpaired) electrons. The molecule has 1 saturated carbocycles. The summed E-state index contributed by atoms with van der Waals surface area (Å²) in [4.78, 5) is 0. The quantitative estimate of drug-likeness (QED) is 0.819. The minimum atomic E-state index is 0.503. The van der Waals surface area contributed by atoms with Crippen molar-refractivity contribution in [3.63, 3.8) is 0 Å². The Labute approximate surface area is 99.3 Å². The van der Waals surface area contributed by atoms with Crippen molar-refractivity contribution >= 4 is 0 Å². The van der Waals surface area contributed by atoms with Crippen molar-refractivity contribution in [3.05, 3.63) is 35.4 Å². The summed E-state index contributed by atoms with van der Waals surface area (Å²) < 4.78 is 0. The van der Waals surface area contributed by atoms with Crippen molar-refractivity contribution in [2.45, 2.75) is 45.6 Å². The van der Waals surface area contributed by atoms with Crippen LogP contribution in [0.2, 0.25) is 0 Å². The smallest absolute Gasteiger partial charge is 0.00695 e. The molecule has 0 heterocycles. The van der Waals surface area contributed by atoms with Crippen LogP contribution in [-0.4, -0.2) is 13.1 Å². The second-order valence-electron chi connectivity index (χ2n) is 5.70. The Morgan fingerprint density at radius 1 is 1.31 bits per heavy atom. The van der Waals surface area contributed by atoms with Gasteiger partial charge in [0.25, 0.3) is 0 Å². The number of nitrogens with one attached hydrogen (secondary N) is 1. The van der Waals surface area contributed by atoms with Crippen molar-refractivity contribution in [2.24, 2.45) is 5.41 Å². The standard InChI is InChI=1S/C15H23N/c1-12-4-6-13(7-5-12)10-15(2)9-8-14(11-15)16-3/h4-7,14,16H,8-11H2,1-3H3. The zero-order chi connectivity index (χ0) is 11.6. The Balaban J connectivity index is 2.01. The zero-order valence-electron chi connectivity index (χ0n) is 10.7. The monoisotopic (exact) mass is 217 g/mol. The molecular weight excluding hydrogens is 194 g/mol. The van der Waals surface area contributed by atoms with Crippen LogP contribution >= 0.6 is 0 Å². The molecule has 2 rings (SSSR count). The Hall–Kier alpha value is -0.820. The van der Waals surface area contributed by atoms with E-state index in [1.54, 1.807) is 0 Å². The van der Waals surface area contributed by atoms with Crippen LogP contribution in [-0.2, 0) is 6.42 Å². The summed E-state index contributed by atoms with van der Waals surface area (Å²) in [6, 6.07) is 9.75. The SMILES string of the molecule is CNC1CCC(C)(Cc2ccc(C)cc2)C1. The molecule has 1 aromatic rings.